The summed E-state index contributed by atoms with van der Waals surface area (Å²) in [4.78, 5) is 16.8. The fourth-order valence-corrected chi connectivity index (χ4v) is 3.78. The zero-order chi connectivity index (χ0) is 21.1. The van der Waals surface area contributed by atoms with E-state index in [9.17, 15) is 4.79 Å². The molecule has 2 aliphatic rings. The number of halogens is 1. The lowest BCUT2D eigenvalue weighted by Gasteiger charge is -2.14. The highest BCUT2D eigenvalue weighted by Crippen LogP contribution is 2.36. The van der Waals surface area contributed by atoms with E-state index in [1.54, 1.807) is 24.3 Å². The van der Waals surface area contributed by atoms with Crippen LogP contribution in [0, 0.1) is 3.57 Å². The van der Waals surface area contributed by atoms with Crippen molar-refractivity contribution in [1.82, 2.24) is 0 Å². The van der Waals surface area contributed by atoms with Crippen LogP contribution in [0.4, 0.5) is 0 Å². The third-order valence-corrected chi connectivity index (χ3v) is 5.13. The fourth-order valence-electron chi connectivity index (χ4n) is 3.00. The van der Waals surface area contributed by atoms with E-state index in [2.05, 4.69) is 27.6 Å². The van der Waals surface area contributed by atoms with Crippen LogP contribution >= 0.6 is 22.6 Å². The van der Waals surface area contributed by atoms with Crippen LogP contribution in [0.5, 0.6) is 23.0 Å². The van der Waals surface area contributed by atoms with Gasteiger partial charge in [-0.15, -0.1) is 0 Å². The largest absolute Gasteiger partial charge is 0.490 e. The number of fused-ring (bicyclic) bond motifs is 1. The third kappa shape index (κ3) is 4.23. The van der Waals surface area contributed by atoms with Gasteiger partial charge in [-0.05, 0) is 77.9 Å². The first-order valence-electron chi connectivity index (χ1n) is 9.60. The van der Waals surface area contributed by atoms with E-state index in [1.165, 1.54) is 0 Å². The van der Waals surface area contributed by atoms with Gasteiger partial charge < -0.3 is 23.7 Å². The van der Waals surface area contributed by atoms with Gasteiger partial charge in [0.25, 0.3) is 0 Å². The Bertz CT molecular complexity index is 1050. The number of aliphatic imine (C=N–C) groups is 1. The van der Waals surface area contributed by atoms with Gasteiger partial charge in [0.05, 0.1) is 16.8 Å². The molecule has 0 atom stereocenters. The Balaban J connectivity index is 1.64. The molecular formula is C22H20INO6. The van der Waals surface area contributed by atoms with Gasteiger partial charge in [0.2, 0.25) is 12.7 Å². The van der Waals surface area contributed by atoms with Crippen molar-refractivity contribution < 1.29 is 28.5 Å². The molecule has 0 saturated heterocycles. The number of carbonyl (C=O) groups excluding carboxylic acids is 1. The Morgan fingerprint density at radius 3 is 2.77 bits per heavy atom. The highest BCUT2D eigenvalue weighted by atomic mass is 127. The molecule has 8 heteroatoms. The van der Waals surface area contributed by atoms with E-state index in [0.29, 0.717) is 41.8 Å². The van der Waals surface area contributed by atoms with Crippen molar-refractivity contribution in [3.05, 3.63) is 50.7 Å². The number of esters is 1. The van der Waals surface area contributed by atoms with Crippen LogP contribution in [0.1, 0.15) is 31.4 Å². The standard InChI is InChI=1S/C22H20INO6/c1-3-7-27-20-15(23)8-13(10-19(20)26-4-2)9-16-22(25)30-21(24-16)14-5-6-17-18(11-14)29-12-28-17/h5-6,8-11H,3-4,7,12H2,1-2H3/b16-9-. The van der Waals surface area contributed by atoms with Crippen LogP contribution in [-0.4, -0.2) is 31.9 Å². The molecule has 2 aromatic rings. The molecule has 7 nitrogen and oxygen atoms in total. The van der Waals surface area contributed by atoms with E-state index < -0.39 is 5.97 Å². The molecule has 156 valence electrons. The Morgan fingerprint density at radius 2 is 1.97 bits per heavy atom. The van der Waals surface area contributed by atoms with Crippen molar-refractivity contribution in [2.45, 2.75) is 20.3 Å². The second-order valence-electron chi connectivity index (χ2n) is 6.52. The number of ether oxygens (including phenoxy) is 5. The number of cyclic esters (lactones) is 1. The molecule has 0 amide bonds. The van der Waals surface area contributed by atoms with Crippen molar-refractivity contribution in [2.75, 3.05) is 20.0 Å². The van der Waals surface area contributed by atoms with Gasteiger partial charge in [-0.3, -0.25) is 0 Å². The molecule has 4 rings (SSSR count). The Kier molecular flexibility index (Phi) is 6.12. The number of benzene rings is 2. The van der Waals surface area contributed by atoms with E-state index in [4.69, 9.17) is 23.7 Å². The summed E-state index contributed by atoms with van der Waals surface area (Å²) in [6.07, 6.45) is 2.58. The highest BCUT2D eigenvalue weighted by Gasteiger charge is 2.26. The first kappa shape index (κ1) is 20.5. The SMILES string of the molecule is CCCOc1c(I)cc(/C=C2\N=C(c3ccc4c(c3)OCO4)OC2=O)cc1OCC. The predicted molar refractivity (Wildman–Crippen MR) is 119 cm³/mol. The minimum absolute atomic E-state index is 0.176. The summed E-state index contributed by atoms with van der Waals surface area (Å²) in [6, 6.07) is 9.04. The molecule has 0 spiro atoms. The molecule has 0 aromatic heterocycles. The van der Waals surface area contributed by atoms with E-state index in [1.807, 2.05) is 26.0 Å². The zero-order valence-electron chi connectivity index (χ0n) is 16.6. The Hall–Kier alpha value is -2.75. The first-order chi connectivity index (χ1) is 14.6. The molecule has 0 unspecified atom stereocenters. The predicted octanol–water partition coefficient (Wildman–Crippen LogP) is 4.55. The van der Waals surface area contributed by atoms with Gasteiger partial charge in [-0.2, -0.15) is 0 Å². The Labute approximate surface area is 187 Å². The first-order valence-corrected chi connectivity index (χ1v) is 10.7. The van der Waals surface area contributed by atoms with Gasteiger partial charge in [0, 0.05) is 5.56 Å². The second kappa shape index (κ2) is 8.95. The zero-order valence-corrected chi connectivity index (χ0v) is 18.7. The lowest BCUT2D eigenvalue weighted by atomic mass is 10.1. The maximum Gasteiger partial charge on any atom is 0.363 e. The molecule has 0 radical (unpaired) electrons. The molecule has 0 fully saturated rings. The minimum Gasteiger partial charge on any atom is -0.490 e. The lowest BCUT2D eigenvalue weighted by Crippen LogP contribution is -2.05. The second-order valence-corrected chi connectivity index (χ2v) is 7.68. The van der Waals surface area contributed by atoms with Crippen molar-refractivity contribution in [1.29, 1.82) is 0 Å². The smallest absolute Gasteiger partial charge is 0.363 e. The quantitative estimate of drug-likeness (QED) is 0.303. The molecule has 0 saturated carbocycles. The molecule has 2 aliphatic heterocycles. The number of carbonyl (C=O) groups is 1. The van der Waals surface area contributed by atoms with Crippen LogP contribution in [0.3, 0.4) is 0 Å². The van der Waals surface area contributed by atoms with E-state index >= 15 is 0 Å². The van der Waals surface area contributed by atoms with Gasteiger partial charge >= 0.3 is 5.97 Å². The maximum atomic E-state index is 12.4. The van der Waals surface area contributed by atoms with E-state index in [0.717, 1.165) is 15.6 Å². The van der Waals surface area contributed by atoms with Crippen molar-refractivity contribution in [2.24, 2.45) is 4.99 Å². The molecule has 2 heterocycles. The summed E-state index contributed by atoms with van der Waals surface area (Å²) in [6.45, 7) is 5.25. The van der Waals surface area contributed by atoms with Crippen molar-refractivity contribution in [3.8, 4) is 23.0 Å². The van der Waals surface area contributed by atoms with Gasteiger partial charge in [-0.1, -0.05) is 6.92 Å². The van der Waals surface area contributed by atoms with Crippen LogP contribution in [0.25, 0.3) is 6.08 Å². The van der Waals surface area contributed by atoms with Crippen molar-refractivity contribution in [3.63, 3.8) is 0 Å². The summed E-state index contributed by atoms with van der Waals surface area (Å²) < 4.78 is 28.5. The number of nitrogens with zero attached hydrogens (tertiary/aromatic N) is 1. The maximum absolute atomic E-state index is 12.4. The molecule has 30 heavy (non-hydrogen) atoms. The molecule has 0 bridgehead atoms. The molecular weight excluding hydrogens is 501 g/mol. The molecule has 2 aromatic carbocycles. The summed E-state index contributed by atoms with van der Waals surface area (Å²) in [7, 11) is 0. The average Bonchev–Trinajstić information content (AvgIpc) is 3.34. The van der Waals surface area contributed by atoms with Gasteiger partial charge in [-0.25, -0.2) is 9.79 Å². The summed E-state index contributed by atoms with van der Waals surface area (Å²) >= 11 is 2.20. The van der Waals surface area contributed by atoms with Crippen LogP contribution in [0.2, 0.25) is 0 Å². The lowest BCUT2D eigenvalue weighted by molar-refractivity contribution is -0.129. The third-order valence-electron chi connectivity index (χ3n) is 4.33. The van der Waals surface area contributed by atoms with Crippen LogP contribution in [0.15, 0.2) is 41.0 Å². The summed E-state index contributed by atoms with van der Waals surface area (Å²) in [5.74, 6) is 2.32. The molecule has 0 N–H and O–H groups in total. The van der Waals surface area contributed by atoms with Crippen LogP contribution in [-0.2, 0) is 9.53 Å². The van der Waals surface area contributed by atoms with Crippen molar-refractivity contribution >= 4 is 40.5 Å². The number of rotatable bonds is 7. The number of hydrogen-bond donors (Lipinski definition) is 0. The summed E-state index contributed by atoms with van der Waals surface area (Å²) in [5.41, 5.74) is 1.63. The average molecular weight is 521 g/mol. The normalized spacial score (nSPS) is 15.9. The minimum atomic E-state index is -0.512. The monoisotopic (exact) mass is 521 g/mol. The fraction of sp³-hybridized carbons (Fsp3) is 0.273. The van der Waals surface area contributed by atoms with Gasteiger partial charge in [0.1, 0.15) is 0 Å². The van der Waals surface area contributed by atoms with Crippen LogP contribution < -0.4 is 18.9 Å². The Morgan fingerprint density at radius 1 is 1.13 bits per heavy atom. The van der Waals surface area contributed by atoms with Gasteiger partial charge in [0.15, 0.2) is 28.7 Å². The number of hydrogen-bond acceptors (Lipinski definition) is 7. The highest BCUT2D eigenvalue weighted by molar-refractivity contribution is 14.1. The van der Waals surface area contributed by atoms with E-state index in [-0.39, 0.29) is 18.4 Å². The summed E-state index contributed by atoms with van der Waals surface area (Å²) in [5, 5.41) is 0. The molecule has 0 aliphatic carbocycles. The topological polar surface area (TPSA) is 75.6 Å².